The minimum atomic E-state index is -0.441. The molecule has 1 aliphatic carbocycles. The van der Waals surface area contributed by atoms with Crippen LogP contribution in [-0.2, 0) is 6.42 Å². The molecule has 184 valence electrons. The van der Waals surface area contributed by atoms with Gasteiger partial charge in [-0.05, 0) is 46.0 Å². The fourth-order valence-corrected chi connectivity index (χ4v) is 4.67. The molecular weight excluding hydrogens is 452 g/mol. The zero-order valence-electron chi connectivity index (χ0n) is 20.1. The summed E-state index contributed by atoms with van der Waals surface area (Å²) in [5, 5.41) is 11.6. The predicted octanol–water partition coefficient (Wildman–Crippen LogP) is 3.87. The second kappa shape index (κ2) is 12.5. The lowest BCUT2D eigenvalue weighted by atomic mass is 9.94. The van der Waals surface area contributed by atoms with Crippen LogP contribution >= 0.6 is 11.3 Å². The predicted molar refractivity (Wildman–Crippen MR) is 136 cm³/mol. The molecule has 1 saturated carbocycles. The molecule has 4 amide bonds. The van der Waals surface area contributed by atoms with Gasteiger partial charge in [0.15, 0.2) is 10.9 Å². The molecule has 1 heterocycles. The summed E-state index contributed by atoms with van der Waals surface area (Å²) in [6, 6.07) is 4.86. The van der Waals surface area contributed by atoms with Crippen LogP contribution in [0, 0.1) is 12.8 Å². The molecule has 1 aromatic heterocycles. The third-order valence-corrected chi connectivity index (χ3v) is 6.66. The van der Waals surface area contributed by atoms with E-state index in [1.165, 1.54) is 11.3 Å². The van der Waals surface area contributed by atoms with E-state index in [2.05, 4.69) is 26.3 Å². The Morgan fingerprint density at radius 3 is 2.53 bits per heavy atom. The first-order valence-corrected chi connectivity index (χ1v) is 12.5. The van der Waals surface area contributed by atoms with Gasteiger partial charge >= 0.3 is 12.1 Å². The molecule has 4 N–H and O–H groups in total. The number of hydrogen-bond acceptors (Lipinski definition) is 6. The molecule has 0 aliphatic heterocycles. The number of urea groups is 2. The summed E-state index contributed by atoms with van der Waals surface area (Å²) in [6.07, 6.45) is 6.27. The summed E-state index contributed by atoms with van der Waals surface area (Å²) in [7, 11) is 3.90. The first-order valence-electron chi connectivity index (χ1n) is 11.7. The first-order chi connectivity index (χ1) is 16.3. The number of Topliss-reactive ketones (excluding diaryl/α,β-unsaturated/α-hetero) is 1. The van der Waals surface area contributed by atoms with Crippen LogP contribution in [0.5, 0.6) is 0 Å². The summed E-state index contributed by atoms with van der Waals surface area (Å²) >= 11 is 1.35. The van der Waals surface area contributed by atoms with Crippen LogP contribution in [0.1, 0.15) is 46.5 Å². The van der Waals surface area contributed by atoms with Gasteiger partial charge in [-0.25, -0.2) is 14.6 Å². The number of rotatable bonds is 10. The van der Waals surface area contributed by atoms with Gasteiger partial charge < -0.3 is 20.9 Å². The smallest absolute Gasteiger partial charge is 0.325 e. The maximum absolute atomic E-state index is 13.0. The van der Waals surface area contributed by atoms with Crippen LogP contribution in [0.25, 0.3) is 0 Å². The largest absolute Gasteiger partial charge is 0.338 e. The van der Waals surface area contributed by atoms with Crippen LogP contribution in [0.4, 0.5) is 20.4 Å². The SMILES string of the molecule is Cc1ccc(NC(=O)Nc2ncc(CCNC(=O)NCCN(C)C)s2)c(C(=O)C2CCCC2)c1. The number of hydrogen-bond donors (Lipinski definition) is 4. The van der Waals surface area contributed by atoms with E-state index in [1.807, 2.05) is 38.1 Å². The van der Waals surface area contributed by atoms with E-state index in [1.54, 1.807) is 12.3 Å². The van der Waals surface area contributed by atoms with Crippen molar-refractivity contribution in [2.24, 2.45) is 5.92 Å². The maximum Gasteiger partial charge on any atom is 0.325 e. The average Bonchev–Trinajstić information content (AvgIpc) is 3.47. The third-order valence-electron chi connectivity index (χ3n) is 5.69. The van der Waals surface area contributed by atoms with E-state index in [0.717, 1.165) is 42.7 Å². The number of carbonyl (C=O) groups is 3. The van der Waals surface area contributed by atoms with Crippen molar-refractivity contribution in [1.82, 2.24) is 20.5 Å². The second-order valence-electron chi connectivity index (χ2n) is 8.84. The molecule has 34 heavy (non-hydrogen) atoms. The Bertz CT molecular complexity index is 1000. The molecule has 1 aliphatic rings. The van der Waals surface area contributed by atoms with Crippen LogP contribution in [-0.4, -0.2) is 61.5 Å². The average molecular weight is 487 g/mol. The van der Waals surface area contributed by atoms with Crippen molar-refractivity contribution in [2.75, 3.05) is 44.4 Å². The molecule has 3 rings (SSSR count). The number of nitrogens with one attached hydrogen (secondary N) is 4. The Morgan fingerprint density at radius 2 is 1.79 bits per heavy atom. The topological polar surface area (TPSA) is 115 Å². The number of amides is 4. The van der Waals surface area contributed by atoms with Crippen molar-refractivity contribution < 1.29 is 14.4 Å². The highest BCUT2D eigenvalue weighted by Gasteiger charge is 2.26. The molecule has 0 atom stereocenters. The van der Waals surface area contributed by atoms with Gasteiger partial charge in [-0.2, -0.15) is 0 Å². The lowest BCUT2D eigenvalue weighted by Gasteiger charge is -2.14. The molecule has 0 saturated heterocycles. The van der Waals surface area contributed by atoms with Gasteiger partial charge in [0.25, 0.3) is 0 Å². The van der Waals surface area contributed by atoms with Crippen molar-refractivity contribution in [1.29, 1.82) is 0 Å². The van der Waals surface area contributed by atoms with Crippen molar-refractivity contribution in [3.63, 3.8) is 0 Å². The Labute approximate surface area is 204 Å². The lowest BCUT2D eigenvalue weighted by molar-refractivity contribution is 0.0923. The van der Waals surface area contributed by atoms with Gasteiger partial charge in [0, 0.05) is 48.6 Å². The quantitative estimate of drug-likeness (QED) is 0.381. The van der Waals surface area contributed by atoms with Crippen LogP contribution in [0.15, 0.2) is 24.4 Å². The number of aromatic nitrogens is 1. The highest BCUT2D eigenvalue weighted by Crippen LogP contribution is 2.31. The van der Waals surface area contributed by atoms with Crippen LogP contribution < -0.4 is 21.3 Å². The highest BCUT2D eigenvalue weighted by atomic mass is 32.1. The molecule has 1 fully saturated rings. The second-order valence-corrected chi connectivity index (χ2v) is 9.96. The van der Waals surface area contributed by atoms with Crippen molar-refractivity contribution in [3.05, 3.63) is 40.4 Å². The van der Waals surface area contributed by atoms with Crippen LogP contribution in [0.2, 0.25) is 0 Å². The summed E-state index contributed by atoms with van der Waals surface area (Å²) in [5.41, 5.74) is 2.06. The van der Waals surface area contributed by atoms with Crippen LogP contribution in [0.3, 0.4) is 0 Å². The van der Waals surface area contributed by atoms with E-state index in [-0.39, 0.29) is 17.7 Å². The zero-order chi connectivity index (χ0) is 24.5. The Hall–Kier alpha value is -2.98. The summed E-state index contributed by atoms with van der Waals surface area (Å²) in [6.45, 7) is 3.77. The molecule has 0 radical (unpaired) electrons. The number of carbonyl (C=O) groups excluding carboxylic acids is 3. The Balaban J connectivity index is 1.49. The van der Waals surface area contributed by atoms with E-state index in [4.69, 9.17) is 0 Å². The number of benzene rings is 1. The molecule has 2 aromatic rings. The van der Waals surface area contributed by atoms with Crippen molar-refractivity contribution in [3.8, 4) is 0 Å². The summed E-state index contributed by atoms with van der Waals surface area (Å²) in [5.74, 6) is 0.141. The summed E-state index contributed by atoms with van der Waals surface area (Å²) < 4.78 is 0. The van der Waals surface area contributed by atoms with Gasteiger partial charge in [-0.3, -0.25) is 10.1 Å². The van der Waals surface area contributed by atoms with Gasteiger partial charge in [0.2, 0.25) is 0 Å². The molecular formula is C24H34N6O3S. The van der Waals surface area contributed by atoms with E-state index in [0.29, 0.717) is 35.9 Å². The number of anilines is 2. The fraction of sp³-hybridized carbons (Fsp3) is 0.500. The van der Waals surface area contributed by atoms with Crippen molar-refractivity contribution >= 4 is 40.0 Å². The maximum atomic E-state index is 13.0. The molecule has 0 unspecified atom stereocenters. The Morgan fingerprint density at radius 1 is 1.06 bits per heavy atom. The molecule has 0 bridgehead atoms. The van der Waals surface area contributed by atoms with Gasteiger partial charge in [0.1, 0.15) is 0 Å². The standard InChI is InChI=1S/C24H34N6O3S/c1-16-8-9-20(19(14-16)21(31)17-6-4-5-7-17)28-23(33)29-24-27-15-18(34-24)10-11-25-22(32)26-12-13-30(2)3/h8-9,14-15,17H,4-7,10-13H2,1-3H3,(H2,25,26,32)(H2,27,28,29,33). The lowest BCUT2D eigenvalue weighted by Crippen LogP contribution is -2.39. The minimum Gasteiger partial charge on any atom is -0.338 e. The zero-order valence-corrected chi connectivity index (χ0v) is 20.9. The fourth-order valence-electron chi connectivity index (χ4n) is 3.87. The van der Waals surface area contributed by atoms with E-state index in [9.17, 15) is 14.4 Å². The summed E-state index contributed by atoms with van der Waals surface area (Å²) in [4.78, 5) is 44.5. The number of nitrogens with zero attached hydrogens (tertiary/aromatic N) is 2. The molecule has 0 spiro atoms. The van der Waals surface area contributed by atoms with Gasteiger partial charge in [-0.15, -0.1) is 11.3 Å². The van der Waals surface area contributed by atoms with E-state index >= 15 is 0 Å². The Kier molecular flexibility index (Phi) is 9.41. The van der Waals surface area contributed by atoms with Gasteiger partial charge in [0.05, 0.1) is 5.69 Å². The normalized spacial score (nSPS) is 13.6. The van der Waals surface area contributed by atoms with Gasteiger partial charge in [-0.1, -0.05) is 24.5 Å². The molecule has 10 heteroatoms. The molecule has 9 nitrogen and oxygen atoms in total. The first kappa shape index (κ1) is 25.6. The third kappa shape index (κ3) is 7.81. The number of likely N-dealkylation sites (N-methyl/N-ethyl adjacent to an activating group) is 1. The monoisotopic (exact) mass is 486 g/mol. The number of aryl methyl sites for hydroxylation is 1. The molecule has 1 aromatic carbocycles. The number of thiazole rings is 1. The van der Waals surface area contributed by atoms with Crippen molar-refractivity contribution in [2.45, 2.75) is 39.0 Å². The highest BCUT2D eigenvalue weighted by molar-refractivity contribution is 7.15. The number of ketones is 1. The van der Waals surface area contributed by atoms with E-state index < -0.39 is 6.03 Å². The minimum absolute atomic E-state index is 0.0376.